The van der Waals surface area contributed by atoms with Crippen LogP contribution in [-0.4, -0.2) is 16.2 Å². The van der Waals surface area contributed by atoms with E-state index in [1.807, 2.05) is 17.1 Å². The molecule has 0 bridgehead atoms. The Morgan fingerprint density at radius 2 is 2.45 bits per heavy atom. The fourth-order valence-corrected chi connectivity index (χ4v) is 1.26. The van der Waals surface area contributed by atoms with Gasteiger partial charge in [-0.25, -0.2) is 0 Å². The molecule has 0 atom stereocenters. The zero-order chi connectivity index (χ0) is 7.68. The van der Waals surface area contributed by atoms with Gasteiger partial charge in [-0.1, -0.05) is 0 Å². The van der Waals surface area contributed by atoms with Crippen LogP contribution in [0, 0.1) is 0 Å². The number of nitrogens with zero attached hydrogens (tertiary/aromatic N) is 1. The topological polar surface area (TPSA) is 32.8 Å². The summed E-state index contributed by atoms with van der Waals surface area (Å²) in [7, 11) is 0. The normalized spacial score (nSPS) is 10.6. The minimum atomic E-state index is 0.939. The summed E-state index contributed by atoms with van der Waals surface area (Å²) in [6.07, 6.45) is 3.96. The maximum atomic E-state index is 3.21. The zero-order valence-electron chi connectivity index (χ0n) is 6.46. The summed E-state index contributed by atoms with van der Waals surface area (Å²) in [5, 5.41) is 0. The predicted octanol–water partition coefficient (Wildman–Crippen LogP) is 1.53. The van der Waals surface area contributed by atoms with Crippen molar-refractivity contribution in [3.63, 3.8) is 0 Å². The Labute approximate surface area is 65.0 Å². The summed E-state index contributed by atoms with van der Waals surface area (Å²) in [5.41, 5.74) is 5.59. The molecule has 0 spiro atoms. The summed E-state index contributed by atoms with van der Waals surface area (Å²) in [4.78, 5) is 3.14. The van der Waals surface area contributed by atoms with Crippen LogP contribution in [0.2, 0.25) is 0 Å². The van der Waals surface area contributed by atoms with Crippen LogP contribution in [0.5, 0.6) is 0 Å². The Morgan fingerprint density at radius 3 is 3.27 bits per heavy atom. The lowest BCUT2D eigenvalue weighted by Crippen LogP contribution is -2.11. The zero-order valence-corrected chi connectivity index (χ0v) is 6.46. The third-order valence-electron chi connectivity index (χ3n) is 1.73. The second kappa shape index (κ2) is 2.34. The maximum Gasteiger partial charge on any atom is 0.0869 e. The van der Waals surface area contributed by atoms with Crippen molar-refractivity contribution in [3.05, 3.63) is 24.5 Å². The van der Waals surface area contributed by atoms with E-state index < -0.39 is 0 Å². The first-order valence-corrected chi connectivity index (χ1v) is 3.80. The minimum Gasteiger partial charge on any atom is -0.360 e. The first kappa shape index (κ1) is 6.34. The van der Waals surface area contributed by atoms with E-state index in [1.54, 1.807) is 0 Å². The molecule has 0 saturated carbocycles. The van der Waals surface area contributed by atoms with Crippen LogP contribution in [0.3, 0.4) is 0 Å². The number of nitrogens with one attached hydrogen (secondary N) is 2. The van der Waals surface area contributed by atoms with Crippen LogP contribution < -0.4 is 5.43 Å². The molecule has 0 aliphatic rings. The van der Waals surface area contributed by atoms with Gasteiger partial charge in [0.1, 0.15) is 0 Å². The smallest absolute Gasteiger partial charge is 0.0869 e. The molecule has 0 unspecified atom stereocenters. The third-order valence-corrected chi connectivity index (χ3v) is 1.73. The van der Waals surface area contributed by atoms with Gasteiger partial charge >= 0.3 is 0 Å². The first-order chi connectivity index (χ1) is 5.42. The SMILES string of the molecule is CCNn1ccc2[nH]ccc21. The molecule has 0 aliphatic carbocycles. The van der Waals surface area contributed by atoms with E-state index in [0.29, 0.717) is 0 Å². The van der Waals surface area contributed by atoms with Crippen molar-refractivity contribution in [3.8, 4) is 0 Å². The molecule has 0 aromatic carbocycles. The monoisotopic (exact) mass is 149 g/mol. The predicted molar refractivity (Wildman–Crippen MR) is 46.2 cm³/mol. The van der Waals surface area contributed by atoms with E-state index >= 15 is 0 Å². The van der Waals surface area contributed by atoms with E-state index in [4.69, 9.17) is 0 Å². The van der Waals surface area contributed by atoms with Gasteiger partial charge in [0.15, 0.2) is 0 Å². The number of hydrogen-bond donors (Lipinski definition) is 2. The average molecular weight is 149 g/mol. The van der Waals surface area contributed by atoms with Gasteiger partial charge in [0, 0.05) is 18.9 Å². The van der Waals surface area contributed by atoms with E-state index in [1.165, 1.54) is 11.0 Å². The fraction of sp³-hybridized carbons (Fsp3) is 0.250. The number of hydrogen-bond acceptors (Lipinski definition) is 1. The molecule has 3 heteroatoms. The number of H-pyrrole nitrogens is 1. The fourth-order valence-electron chi connectivity index (χ4n) is 1.26. The standard InChI is InChI=1S/C8H11N3/c1-2-10-11-6-4-7-8(11)3-5-9-7/h3-6,9-10H,2H2,1H3. The van der Waals surface area contributed by atoms with Crippen molar-refractivity contribution in [2.45, 2.75) is 6.92 Å². The maximum absolute atomic E-state index is 3.21. The number of aromatic nitrogens is 2. The summed E-state index contributed by atoms with van der Waals surface area (Å²) >= 11 is 0. The molecule has 3 nitrogen and oxygen atoms in total. The van der Waals surface area contributed by atoms with E-state index in [2.05, 4.69) is 29.5 Å². The average Bonchev–Trinajstić information content (AvgIpc) is 2.53. The first-order valence-electron chi connectivity index (χ1n) is 3.80. The molecule has 0 fully saturated rings. The van der Waals surface area contributed by atoms with Crippen LogP contribution in [0.15, 0.2) is 24.5 Å². The molecule has 0 saturated heterocycles. The lowest BCUT2D eigenvalue weighted by molar-refractivity contribution is 0.902. The van der Waals surface area contributed by atoms with Gasteiger partial charge in [-0.05, 0) is 19.1 Å². The highest BCUT2D eigenvalue weighted by atomic mass is 15.4. The van der Waals surface area contributed by atoms with Gasteiger partial charge < -0.3 is 10.4 Å². The van der Waals surface area contributed by atoms with Crippen molar-refractivity contribution in [1.29, 1.82) is 0 Å². The molecular weight excluding hydrogens is 138 g/mol. The summed E-state index contributed by atoms with van der Waals surface area (Å²) in [6.45, 7) is 3.02. The third kappa shape index (κ3) is 0.888. The quantitative estimate of drug-likeness (QED) is 0.667. The van der Waals surface area contributed by atoms with Gasteiger partial charge in [0.25, 0.3) is 0 Å². The Morgan fingerprint density at radius 1 is 1.55 bits per heavy atom. The molecule has 11 heavy (non-hydrogen) atoms. The number of aromatic amines is 1. The van der Waals surface area contributed by atoms with E-state index in [-0.39, 0.29) is 0 Å². The lowest BCUT2D eigenvalue weighted by Gasteiger charge is -2.03. The molecule has 0 aliphatic heterocycles. The number of fused-ring (bicyclic) bond motifs is 1. The Hall–Kier alpha value is -1.38. The van der Waals surface area contributed by atoms with Gasteiger partial charge in [0.05, 0.1) is 11.0 Å². The Bertz CT molecular complexity index is 345. The second-order valence-electron chi connectivity index (χ2n) is 2.47. The van der Waals surface area contributed by atoms with Crippen molar-refractivity contribution >= 4 is 11.0 Å². The highest BCUT2D eigenvalue weighted by Gasteiger charge is 1.97. The van der Waals surface area contributed by atoms with E-state index in [0.717, 1.165) is 6.54 Å². The Kier molecular flexibility index (Phi) is 1.35. The van der Waals surface area contributed by atoms with Crippen molar-refractivity contribution in [1.82, 2.24) is 9.66 Å². The van der Waals surface area contributed by atoms with Crippen LogP contribution in [-0.2, 0) is 0 Å². The van der Waals surface area contributed by atoms with Crippen molar-refractivity contribution in [2.24, 2.45) is 0 Å². The van der Waals surface area contributed by atoms with Gasteiger partial charge in [-0.15, -0.1) is 0 Å². The number of rotatable bonds is 2. The van der Waals surface area contributed by atoms with Gasteiger partial charge in [0.2, 0.25) is 0 Å². The highest BCUT2D eigenvalue weighted by molar-refractivity contribution is 5.76. The summed E-state index contributed by atoms with van der Waals surface area (Å²) in [6, 6.07) is 4.11. The van der Waals surface area contributed by atoms with Crippen LogP contribution >= 0.6 is 0 Å². The van der Waals surface area contributed by atoms with E-state index in [9.17, 15) is 0 Å². The molecule has 0 amide bonds. The van der Waals surface area contributed by atoms with Gasteiger partial charge in [-0.2, -0.15) is 0 Å². The lowest BCUT2D eigenvalue weighted by atomic mass is 10.5. The molecule has 2 heterocycles. The highest BCUT2D eigenvalue weighted by Crippen LogP contribution is 2.10. The molecule has 58 valence electrons. The van der Waals surface area contributed by atoms with Crippen molar-refractivity contribution < 1.29 is 0 Å². The summed E-state index contributed by atoms with van der Waals surface area (Å²) in [5.74, 6) is 0. The largest absolute Gasteiger partial charge is 0.360 e. The molecule has 2 rings (SSSR count). The molecule has 2 aromatic rings. The molecule has 2 N–H and O–H groups in total. The molecule has 2 aromatic heterocycles. The van der Waals surface area contributed by atoms with Crippen LogP contribution in [0.1, 0.15) is 6.92 Å². The van der Waals surface area contributed by atoms with Gasteiger partial charge in [-0.3, -0.25) is 4.68 Å². The minimum absolute atomic E-state index is 0.939. The molecular formula is C8H11N3. The summed E-state index contributed by atoms with van der Waals surface area (Å²) < 4.78 is 2.02. The Balaban J connectivity index is 2.51. The second-order valence-corrected chi connectivity index (χ2v) is 2.47. The van der Waals surface area contributed by atoms with Crippen LogP contribution in [0.4, 0.5) is 0 Å². The van der Waals surface area contributed by atoms with Crippen molar-refractivity contribution in [2.75, 3.05) is 12.0 Å². The molecule has 0 radical (unpaired) electrons. The van der Waals surface area contributed by atoms with Crippen LogP contribution in [0.25, 0.3) is 11.0 Å².